The highest BCUT2D eigenvalue weighted by Crippen LogP contribution is 2.08. The summed E-state index contributed by atoms with van der Waals surface area (Å²) in [6.45, 7) is 4.83. The number of nitrogens with zero attached hydrogens (tertiary/aromatic N) is 2. The van der Waals surface area contributed by atoms with E-state index < -0.39 is 0 Å². The second-order valence-electron chi connectivity index (χ2n) is 4.88. The third-order valence-electron chi connectivity index (χ3n) is 3.50. The average Bonchev–Trinajstić information content (AvgIpc) is 2.30. The first-order valence-corrected chi connectivity index (χ1v) is 6.29. The van der Waals surface area contributed by atoms with Gasteiger partial charge < -0.3 is 4.90 Å². The van der Waals surface area contributed by atoms with E-state index >= 15 is 0 Å². The van der Waals surface area contributed by atoms with Crippen molar-refractivity contribution in [2.45, 2.75) is 38.1 Å². The molecule has 2 saturated heterocycles. The fourth-order valence-corrected chi connectivity index (χ4v) is 2.34. The third kappa shape index (κ3) is 3.72. The molecule has 0 bridgehead atoms. The molecule has 2 fully saturated rings. The maximum Gasteiger partial charge on any atom is 0.0250 e. The Hall–Kier alpha value is -0.160. The molecule has 15 heavy (non-hydrogen) atoms. The lowest BCUT2D eigenvalue weighted by molar-refractivity contribution is 0.0982. The van der Waals surface area contributed by atoms with Crippen LogP contribution in [0.3, 0.4) is 0 Å². The molecule has 0 amide bonds. The summed E-state index contributed by atoms with van der Waals surface area (Å²) in [5.41, 5.74) is 6.83. The van der Waals surface area contributed by atoms with Gasteiger partial charge in [0.1, 0.15) is 0 Å². The van der Waals surface area contributed by atoms with Crippen molar-refractivity contribution in [3.63, 3.8) is 0 Å². The van der Waals surface area contributed by atoms with Gasteiger partial charge >= 0.3 is 0 Å². The Balaban J connectivity index is 1.60. The van der Waals surface area contributed by atoms with Crippen LogP contribution in [0.15, 0.2) is 0 Å². The molecular formula is C11H24N4. The molecule has 2 aliphatic heterocycles. The van der Waals surface area contributed by atoms with E-state index in [0.29, 0.717) is 6.04 Å². The van der Waals surface area contributed by atoms with Crippen LogP contribution in [0.25, 0.3) is 0 Å². The lowest BCUT2D eigenvalue weighted by atomic mass is 10.1. The number of rotatable bonds is 3. The molecule has 0 aromatic heterocycles. The van der Waals surface area contributed by atoms with Gasteiger partial charge in [-0.15, -0.1) is 0 Å². The first-order valence-electron chi connectivity index (χ1n) is 6.29. The fraction of sp³-hybridized carbons (Fsp3) is 1.00. The Bertz CT molecular complexity index is 171. The molecule has 0 aromatic rings. The van der Waals surface area contributed by atoms with E-state index in [0.717, 1.165) is 0 Å². The highest BCUT2D eigenvalue weighted by molar-refractivity contribution is 4.73. The van der Waals surface area contributed by atoms with Gasteiger partial charge in [-0.25, -0.2) is 10.4 Å². The van der Waals surface area contributed by atoms with E-state index in [4.69, 9.17) is 0 Å². The van der Waals surface area contributed by atoms with Gasteiger partial charge in [0.25, 0.3) is 0 Å². The Morgan fingerprint density at radius 3 is 2.27 bits per heavy atom. The quantitative estimate of drug-likeness (QED) is 0.670. The zero-order chi connectivity index (χ0) is 10.5. The molecule has 2 heterocycles. The predicted octanol–water partition coefficient (Wildman–Crippen LogP) is 0.576. The Morgan fingerprint density at radius 1 is 0.933 bits per heavy atom. The van der Waals surface area contributed by atoms with Crippen molar-refractivity contribution in [1.29, 1.82) is 0 Å². The maximum atomic E-state index is 3.46. The van der Waals surface area contributed by atoms with Crippen LogP contribution in [0, 0.1) is 0 Å². The smallest absolute Gasteiger partial charge is 0.0250 e. The topological polar surface area (TPSA) is 30.5 Å². The Morgan fingerprint density at radius 2 is 1.60 bits per heavy atom. The van der Waals surface area contributed by atoms with Crippen LogP contribution in [0.1, 0.15) is 32.1 Å². The molecule has 88 valence electrons. The molecule has 2 N–H and O–H groups in total. The molecule has 0 saturated carbocycles. The molecule has 4 heteroatoms. The van der Waals surface area contributed by atoms with Crippen molar-refractivity contribution in [2.75, 3.05) is 33.2 Å². The summed E-state index contributed by atoms with van der Waals surface area (Å²) in [7, 11) is 2.20. The zero-order valence-electron chi connectivity index (χ0n) is 9.84. The van der Waals surface area contributed by atoms with Gasteiger partial charge in [0.05, 0.1) is 0 Å². The van der Waals surface area contributed by atoms with Crippen LogP contribution in [0.2, 0.25) is 0 Å². The maximum absolute atomic E-state index is 3.46. The summed E-state index contributed by atoms with van der Waals surface area (Å²) in [6.07, 6.45) is 6.59. The van der Waals surface area contributed by atoms with E-state index in [2.05, 4.69) is 27.9 Å². The summed E-state index contributed by atoms with van der Waals surface area (Å²) >= 11 is 0. The normalized spacial score (nSPS) is 27.0. The number of hydrazine groups is 2. The van der Waals surface area contributed by atoms with Crippen LogP contribution >= 0.6 is 0 Å². The van der Waals surface area contributed by atoms with Gasteiger partial charge in [0.15, 0.2) is 0 Å². The van der Waals surface area contributed by atoms with Crippen LogP contribution in [0.4, 0.5) is 0 Å². The van der Waals surface area contributed by atoms with Crippen molar-refractivity contribution in [3.8, 4) is 0 Å². The minimum absolute atomic E-state index is 0.656. The van der Waals surface area contributed by atoms with Crippen molar-refractivity contribution in [1.82, 2.24) is 20.9 Å². The van der Waals surface area contributed by atoms with Gasteiger partial charge in [-0.2, -0.15) is 5.53 Å². The molecule has 0 aliphatic carbocycles. The lowest BCUT2D eigenvalue weighted by Crippen LogP contribution is -2.54. The predicted molar refractivity (Wildman–Crippen MR) is 62.2 cm³/mol. The van der Waals surface area contributed by atoms with Crippen LogP contribution < -0.4 is 11.0 Å². The monoisotopic (exact) mass is 212 g/mol. The minimum atomic E-state index is 0.656. The van der Waals surface area contributed by atoms with Crippen molar-refractivity contribution < 1.29 is 0 Å². The number of nitrogens with one attached hydrogen (secondary N) is 2. The van der Waals surface area contributed by atoms with Gasteiger partial charge in [-0.3, -0.25) is 0 Å². The van der Waals surface area contributed by atoms with Crippen molar-refractivity contribution in [2.24, 2.45) is 0 Å². The number of hydrogen-bond donors (Lipinski definition) is 2. The van der Waals surface area contributed by atoms with Gasteiger partial charge in [0, 0.05) is 19.1 Å². The molecule has 0 unspecified atom stereocenters. The summed E-state index contributed by atoms with van der Waals surface area (Å²) in [5.74, 6) is 0. The minimum Gasteiger partial charge on any atom is -0.306 e. The second kappa shape index (κ2) is 5.80. The second-order valence-corrected chi connectivity index (χ2v) is 4.88. The summed E-state index contributed by atoms with van der Waals surface area (Å²) in [6, 6.07) is 0.656. The molecule has 2 aliphatic rings. The van der Waals surface area contributed by atoms with Crippen molar-refractivity contribution >= 4 is 0 Å². The number of hydrogen-bond acceptors (Lipinski definition) is 4. The van der Waals surface area contributed by atoms with E-state index in [1.54, 1.807) is 0 Å². The number of likely N-dealkylation sites (tertiary alicyclic amines) is 1. The molecule has 2 rings (SSSR count). The first-order chi connectivity index (χ1) is 7.34. The summed E-state index contributed by atoms with van der Waals surface area (Å²) in [4.78, 5) is 2.40. The Kier molecular flexibility index (Phi) is 4.38. The van der Waals surface area contributed by atoms with Gasteiger partial charge in [0.2, 0.25) is 0 Å². The third-order valence-corrected chi connectivity index (χ3v) is 3.50. The van der Waals surface area contributed by atoms with Crippen molar-refractivity contribution in [3.05, 3.63) is 0 Å². The van der Waals surface area contributed by atoms with E-state index in [-0.39, 0.29) is 0 Å². The lowest BCUT2D eigenvalue weighted by Gasteiger charge is -2.33. The molecular weight excluding hydrogens is 188 g/mol. The average molecular weight is 212 g/mol. The largest absolute Gasteiger partial charge is 0.306 e. The van der Waals surface area contributed by atoms with Gasteiger partial charge in [-0.1, -0.05) is 6.42 Å². The van der Waals surface area contributed by atoms with Crippen LogP contribution in [-0.2, 0) is 0 Å². The van der Waals surface area contributed by atoms with Gasteiger partial charge in [-0.05, 0) is 45.8 Å². The molecule has 0 atom stereocenters. The molecule has 0 spiro atoms. The standard InChI is InChI=1S/C11H24N4/c1-14-9-5-11(6-10-14)12-13-15-7-3-2-4-8-15/h11-13H,2-10H2,1H3. The summed E-state index contributed by atoms with van der Waals surface area (Å²) in [5, 5.41) is 2.32. The number of piperidine rings is 2. The SMILES string of the molecule is CN1CCC(NNN2CCCCC2)CC1. The zero-order valence-corrected chi connectivity index (χ0v) is 9.84. The van der Waals surface area contributed by atoms with E-state index in [1.165, 1.54) is 58.3 Å². The molecule has 0 aromatic carbocycles. The fourth-order valence-electron chi connectivity index (χ4n) is 2.34. The highest BCUT2D eigenvalue weighted by atomic mass is 15.7. The first kappa shape index (κ1) is 11.3. The highest BCUT2D eigenvalue weighted by Gasteiger charge is 2.17. The van der Waals surface area contributed by atoms with Crippen LogP contribution in [-0.4, -0.2) is 49.2 Å². The molecule has 4 nitrogen and oxygen atoms in total. The molecule has 0 radical (unpaired) electrons. The van der Waals surface area contributed by atoms with Crippen LogP contribution in [0.5, 0.6) is 0 Å². The summed E-state index contributed by atoms with van der Waals surface area (Å²) < 4.78 is 0. The van der Waals surface area contributed by atoms with E-state index in [1.807, 2.05) is 0 Å². The Labute approximate surface area is 92.9 Å². The van der Waals surface area contributed by atoms with E-state index in [9.17, 15) is 0 Å².